The van der Waals surface area contributed by atoms with Crippen molar-refractivity contribution in [3.63, 3.8) is 0 Å². The van der Waals surface area contributed by atoms with Gasteiger partial charge in [0.15, 0.2) is 0 Å². The van der Waals surface area contributed by atoms with Crippen molar-refractivity contribution in [2.75, 3.05) is 32.8 Å². The molecule has 0 aromatic carbocycles. The van der Waals surface area contributed by atoms with Gasteiger partial charge < -0.3 is 15.4 Å². The molecule has 0 aromatic rings. The van der Waals surface area contributed by atoms with Crippen LogP contribution in [-0.2, 0) is 9.53 Å². The Labute approximate surface area is 116 Å². The monoisotopic (exact) mass is 268 g/mol. The summed E-state index contributed by atoms with van der Waals surface area (Å²) < 4.78 is 5.40. The van der Waals surface area contributed by atoms with Crippen molar-refractivity contribution < 1.29 is 9.53 Å². The molecule has 0 spiro atoms. The predicted octanol–water partition coefficient (Wildman–Crippen LogP) is 1.64. The van der Waals surface area contributed by atoms with E-state index in [1.165, 1.54) is 0 Å². The van der Waals surface area contributed by atoms with Crippen LogP contribution in [0.5, 0.6) is 0 Å². The van der Waals surface area contributed by atoms with E-state index < -0.39 is 0 Å². The van der Waals surface area contributed by atoms with Crippen molar-refractivity contribution >= 4 is 5.91 Å². The summed E-state index contributed by atoms with van der Waals surface area (Å²) in [5, 5.41) is 0. The van der Waals surface area contributed by atoms with E-state index in [0.29, 0.717) is 17.7 Å². The van der Waals surface area contributed by atoms with Gasteiger partial charge in [-0.1, -0.05) is 0 Å². The van der Waals surface area contributed by atoms with Gasteiger partial charge >= 0.3 is 0 Å². The Morgan fingerprint density at radius 3 is 2.47 bits per heavy atom. The third-order valence-electron chi connectivity index (χ3n) is 4.73. The number of hydrogen-bond donors (Lipinski definition) is 1. The Kier molecular flexibility index (Phi) is 5.64. The molecular formula is C15H28N2O2. The minimum Gasteiger partial charge on any atom is -0.381 e. The Hall–Kier alpha value is -0.610. The van der Waals surface area contributed by atoms with Crippen molar-refractivity contribution in [3.8, 4) is 0 Å². The molecule has 1 aliphatic heterocycles. The molecule has 1 aliphatic carbocycles. The smallest absolute Gasteiger partial charge is 0.225 e. The summed E-state index contributed by atoms with van der Waals surface area (Å²) in [6.45, 7) is 6.25. The van der Waals surface area contributed by atoms with Gasteiger partial charge in [0.05, 0.1) is 6.61 Å². The van der Waals surface area contributed by atoms with Crippen LogP contribution in [-0.4, -0.2) is 43.7 Å². The molecule has 1 saturated carbocycles. The van der Waals surface area contributed by atoms with Crippen LogP contribution in [0.25, 0.3) is 0 Å². The molecule has 110 valence electrons. The molecule has 4 heteroatoms. The van der Waals surface area contributed by atoms with E-state index in [4.69, 9.17) is 10.5 Å². The molecule has 0 bridgehead atoms. The molecule has 1 saturated heterocycles. The molecule has 2 fully saturated rings. The van der Waals surface area contributed by atoms with Gasteiger partial charge in [0.2, 0.25) is 5.91 Å². The van der Waals surface area contributed by atoms with Crippen LogP contribution >= 0.6 is 0 Å². The summed E-state index contributed by atoms with van der Waals surface area (Å²) in [5.41, 5.74) is 5.71. The van der Waals surface area contributed by atoms with Gasteiger partial charge in [-0.05, 0) is 51.5 Å². The lowest BCUT2D eigenvalue weighted by Crippen LogP contribution is -2.41. The van der Waals surface area contributed by atoms with Crippen LogP contribution in [0, 0.1) is 17.8 Å². The maximum atomic E-state index is 12.6. The van der Waals surface area contributed by atoms with Crippen LogP contribution in [0.15, 0.2) is 0 Å². The quantitative estimate of drug-likeness (QED) is 0.824. The van der Waals surface area contributed by atoms with E-state index in [0.717, 1.165) is 65.0 Å². The van der Waals surface area contributed by atoms with E-state index in [2.05, 4.69) is 6.92 Å². The first kappa shape index (κ1) is 14.8. The van der Waals surface area contributed by atoms with Gasteiger partial charge in [0.1, 0.15) is 0 Å². The topological polar surface area (TPSA) is 55.6 Å². The minimum atomic E-state index is 0.241. The highest BCUT2D eigenvalue weighted by atomic mass is 16.5. The fraction of sp³-hybridized carbons (Fsp3) is 0.933. The highest BCUT2D eigenvalue weighted by Crippen LogP contribution is 2.29. The zero-order valence-electron chi connectivity index (χ0n) is 12.1. The Balaban J connectivity index is 1.82. The zero-order valence-corrected chi connectivity index (χ0v) is 12.1. The van der Waals surface area contributed by atoms with Gasteiger partial charge in [-0.15, -0.1) is 0 Å². The molecule has 1 atom stereocenters. The van der Waals surface area contributed by atoms with Gasteiger partial charge in [0.25, 0.3) is 0 Å². The van der Waals surface area contributed by atoms with E-state index in [1.807, 2.05) is 4.90 Å². The van der Waals surface area contributed by atoms with Gasteiger partial charge in [-0.25, -0.2) is 0 Å². The highest BCUT2D eigenvalue weighted by molar-refractivity contribution is 5.78. The number of rotatable bonds is 5. The SMILES string of the molecule is CCN(CC1CCOC1)C(=O)C1CCC(CN)CC1. The molecule has 0 radical (unpaired) electrons. The molecular weight excluding hydrogens is 240 g/mol. The van der Waals surface area contributed by atoms with E-state index in [-0.39, 0.29) is 5.92 Å². The number of amides is 1. The summed E-state index contributed by atoms with van der Waals surface area (Å²) in [4.78, 5) is 14.6. The molecule has 2 N–H and O–H groups in total. The Morgan fingerprint density at radius 1 is 1.21 bits per heavy atom. The third-order valence-corrected chi connectivity index (χ3v) is 4.73. The van der Waals surface area contributed by atoms with Crippen molar-refractivity contribution in [3.05, 3.63) is 0 Å². The van der Waals surface area contributed by atoms with E-state index in [1.54, 1.807) is 0 Å². The molecule has 19 heavy (non-hydrogen) atoms. The van der Waals surface area contributed by atoms with Crippen molar-refractivity contribution in [2.24, 2.45) is 23.5 Å². The second kappa shape index (κ2) is 7.25. The van der Waals surface area contributed by atoms with Crippen LogP contribution in [0.3, 0.4) is 0 Å². The molecule has 1 heterocycles. The highest BCUT2D eigenvalue weighted by Gasteiger charge is 2.30. The number of ether oxygens (including phenoxy) is 1. The molecule has 1 amide bonds. The van der Waals surface area contributed by atoms with Crippen LogP contribution in [0.1, 0.15) is 39.0 Å². The summed E-state index contributed by atoms with van der Waals surface area (Å²) >= 11 is 0. The first-order chi connectivity index (χ1) is 9.24. The number of hydrogen-bond acceptors (Lipinski definition) is 3. The van der Waals surface area contributed by atoms with E-state index in [9.17, 15) is 4.79 Å². The summed E-state index contributed by atoms with van der Waals surface area (Å²) in [7, 11) is 0. The normalized spacial score (nSPS) is 31.4. The van der Waals surface area contributed by atoms with Crippen molar-refractivity contribution in [2.45, 2.75) is 39.0 Å². The number of nitrogens with zero attached hydrogens (tertiary/aromatic N) is 1. The largest absolute Gasteiger partial charge is 0.381 e. The standard InChI is InChI=1S/C15H28N2O2/c1-2-17(10-13-7-8-19-11-13)15(18)14-5-3-12(9-16)4-6-14/h12-14H,2-11,16H2,1H3. The maximum Gasteiger partial charge on any atom is 0.225 e. The molecule has 1 unspecified atom stereocenters. The fourth-order valence-corrected chi connectivity index (χ4v) is 3.32. The average molecular weight is 268 g/mol. The summed E-state index contributed by atoms with van der Waals surface area (Å²) in [6, 6.07) is 0. The summed E-state index contributed by atoms with van der Waals surface area (Å²) in [5.74, 6) is 1.79. The zero-order chi connectivity index (χ0) is 13.7. The van der Waals surface area contributed by atoms with Crippen molar-refractivity contribution in [1.82, 2.24) is 4.90 Å². The lowest BCUT2D eigenvalue weighted by molar-refractivity contribution is -0.137. The molecule has 0 aromatic heterocycles. The second-order valence-electron chi connectivity index (χ2n) is 6.06. The first-order valence-corrected chi connectivity index (χ1v) is 7.81. The molecule has 4 nitrogen and oxygen atoms in total. The van der Waals surface area contributed by atoms with Gasteiger partial charge in [-0.3, -0.25) is 4.79 Å². The number of carbonyl (C=O) groups is 1. The first-order valence-electron chi connectivity index (χ1n) is 7.81. The van der Waals surface area contributed by atoms with Gasteiger partial charge in [-0.2, -0.15) is 0 Å². The fourth-order valence-electron chi connectivity index (χ4n) is 3.32. The second-order valence-corrected chi connectivity index (χ2v) is 6.06. The number of carbonyl (C=O) groups excluding carboxylic acids is 1. The van der Waals surface area contributed by atoms with Crippen LogP contribution in [0.2, 0.25) is 0 Å². The third kappa shape index (κ3) is 3.93. The van der Waals surface area contributed by atoms with Gasteiger partial charge in [0, 0.05) is 31.5 Å². The Morgan fingerprint density at radius 2 is 1.95 bits per heavy atom. The average Bonchev–Trinajstić information content (AvgIpc) is 2.97. The lowest BCUT2D eigenvalue weighted by Gasteiger charge is -2.32. The lowest BCUT2D eigenvalue weighted by atomic mass is 9.81. The van der Waals surface area contributed by atoms with Crippen LogP contribution in [0.4, 0.5) is 0 Å². The van der Waals surface area contributed by atoms with E-state index >= 15 is 0 Å². The van der Waals surface area contributed by atoms with Crippen LogP contribution < -0.4 is 5.73 Å². The molecule has 2 aliphatic rings. The molecule has 2 rings (SSSR count). The van der Waals surface area contributed by atoms with Crippen molar-refractivity contribution in [1.29, 1.82) is 0 Å². The predicted molar refractivity (Wildman–Crippen MR) is 75.7 cm³/mol. The minimum absolute atomic E-state index is 0.241. The Bertz CT molecular complexity index is 282. The maximum absolute atomic E-state index is 12.6. The summed E-state index contributed by atoms with van der Waals surface area (Å²) in [6.07, 6.45) is 5.40. The number of nitrogens with two attached hydrogens (primary N) is 1.